The SMILES string of the molecule is CCC(=NOCC=Cc1ccccc1)c1cc(OCC(=O)NCc2ccccc2)n(C)c1. The van der Waals surface area contributed by atoms with Crippen molar-refractivity contribution in [2.24, 2.45) is 12.2 Å². The third-order valence-electron chi connectivity index (χ3n) is 4.77. The van der Waals surface area contributed by atoms with E-state index in [0.717, 1.165) is 22.4 Å². The molecule has 0 fully saturated rings. The van der Waals surface area contributed by atoms with E-state index in [2.05, 4.69) is 10.5 Å². The Labute approximate surface area is 189 Å². The van der Waals surface area contributed by atoms with Gasteiger partial charge in [-0.15, -0.1) is 0 Å². The molecule has 1 heterocycles. The molecule has 3 rings (SSSR count). The number of nitrogens with zero attached hydrogens (tertiary/aromatic N) is 2. The highest BCUT2D eigenvalue weighted by molar-refractivity contribution is 6.00. The van der Waals surface area contributed by atoms with Crippen LogP contribution in [0.4, 0.5) is 0 Å². The minimum absolute atomic E-state index is 0.0521. The summed E-state index contributed by atoms with van der Waals surface area (Å²) in [7, 11) is 1.87. The number of hydrogen-bond acceptors (Lipinski definition) is 4. The Morgan fingerprint density at radius 3 is 2.53 bits per heavy atom. The molecule has 0 atom stereocenters. The molecule has 0 aliphatic carbocycles. The molecule has 0 aliphatic heterocycles. The van der Waals surface area contributed by atoms with Gasteiger partial charge in [-0.1, -0.05) is 78.8 Å². The van der Waals surface area contributed by atoms with Crippen LogP contribution in [0.2, 0.25) is 0 Å². The van der Waals surface area contributed by atoms with Crippen molar-refractivity contribution in [1.82, 2.24) is 9.88 Å². The predicted molar refractivity (Wildman–Crippen MR) is 127 cm³/mol. The first kappa shape index (κ1) is 22.9. The van der Waals surface area contributed by atoms with Crippen molar-refractivity contribution in [3.05, 3.63) is 95.7 Å². The maximum Gasteiger partial charge on any atom is 0.258 e. The largest absolute Gasteiger partial charge is 0.469 e. The van der Waals surface area contributed by atoms with Gasteiger partial charge in [0.05, 0.1) is 5.71 Å². The van der Waals surface area contributed by atoms with Crippen molar-refractivity contribution in [2.75, 3.05) is 13.2 Å². The highest BCUT2D eigenvalue weighted by atomic mass is 16.6. The van der Waals surface area contributed by atoms with E-state index >= 15 is 0 Å². The normalized spacial score (nSPS) is 11.5. The lowest BCUT2D eigenvalue weighted by Crippen LogP contribution is -2.28. The second-order valence-electron chi connectivity index (χ2n) is 7.23. The van der Waals surface area contributed by atoms with Gasteiger partial charge in [0.25, 0.3) is 5.91 Å². The number of rotatable bonds is 11. The van der Waals surface area contributed by atoms with Gasteiger partial charge in [0, 0.05) is 31.4 Å². The van der Waals surface area contributed by atoms with Crippen LogP contribution < -0.4 is 10.1 Å². The molecule has 6 heteroatoms. The van der Waals surface area contributed by atoms with Crippen LogP contribution in [-0.2, 0) is 23.2 Å². The van der Waals surface area contributed by atoms with E-state index in [9.17, 15) is 4.79 Å². The van der Waals surface area contributed by atoms with E-state index in [-0.39, 0.29) is 12.5 Å². The third kappa shape index (κ3) is 7.16. The van der Waals surface area contributed by atoms with Gasteiger partial charge >= 0.3 is 0 Å². The van der Waals surface area contributed by atoms with Gasteiger partial charge in [0.2, 0.25) is 0 Å². The van der Waals surface area contributed by atoms with E-state index in [1.165, 1.54) is 0 Å². The zero-order valence-electron chi connectivity index (χ0n) is 18.5. The number of aromatic nitrogens is 1. The first-order valence-corrected chi connectivity index (χ1v) is 10.7. The summed E-state index contributed by atoms with van der Waals surface area (Å²) in [5.74, 6) is 0.425. The number of hydrogen-bond donors (Lipinski definition) is 1. The van der Waals surface area contributed by atoms with Crippen molar-refractivity contribution in [1.29, 1.82) is 0 Å². The van der Waals surface area contributed by atoms with Gasteiger partial charge in [0.1, 0.15) is 6.61 Å². The van der Waals surface area contributed by atoms with Gasteiger partial charge < -0.3 is 19.5 Å². The van der Waals surface area contributed by atoms with Gasteiger partial charge in [-0.2, -0.15) is 0 Å². The molecule has 0 spiro atoms. The van der Waals surface area contributed by atoms with E-state index < -0.39 is 0 Å². The molecule has 2 aromatic carbocycles. The van der Waals surface area contributed by atoms with Crippen LogP contribution in [0, 0.1) is 0 Å². The minimum Gasteiger partial charge on any atom is -0.469 e. The highest BCUT2D eigenvalue weighted by Gasteiger charge is 2.11. The van der Waals surface area contributed by atoms with Gasteiger partial charge in [-0.25, -0.2) is 0 Å². The number of nitrogens with one attached hydrogen (secondary N) is 1. The van der Waals surface area contributed by atoms with Crippen molar-refractivity contribution >= 4 is 17.7 Å². The first-order chi connectivity index (χ1) is 15.7. The molecular formula is C26H29N3O3. The number of benzene rings is 2. The van der Waals surface area contributed by atoms with Crippen molar-refractivity contribution in [2.45, 2.75) is 19.9 Å². The Bertz CT molecular complexity index is 1040. The smallest absolute Gasteiger partial charge is 0.258 e. The Morgan fingerprint density at radius 1 is 1.09 bits per heavy atom. The van der Waals surface area contributed by atoms with E-state index in [1.807, 2.05) is 104 Å². The summed E-state index contributed by atoms with van der Waals surface area (Å²) >= 11 is 0. The molecule has 32 heavy (non-hydrogen) atoms. The second-order valence-corrected chi connectivity index (χ2v) is 7.23. The second kappa shape index (κ2) is 12.2. The number of ether oxygens (including phenoxy) is 1. The first-order valence-electron chi connectivity index (χ1n) is 10.7. The Balaban J connectivity index is 1.49. The van der Waals surface area contributed by atoms with E-state index in [1.54, 1.807) is 0 Å². The van der Waals surface area contributed by atoms with E-state index in [0.29, 0.717) is 25.5 Å². The summed E-state index contributed by atoms with van der Waals surface area (Å²) in [4.78, 5) is 17.6. The highest BCUT2D eigenvalue weighted by Crippen LogP contribution is 2.17. The average Bonchev–Trinajstić information content (AvgIpc) is 3.20. The Hall–Kier alpha value is -3.80. The molecule has 6 nitrogen and oxygen atoms in total. The lowest BCUT2D eigenvalue weighted by molar-refractivity contribution is -0.123. The predicted octanol–water partition coefficient (Wildman–Crippen LogP) is 4.56. The molecule has 0 aliphatic rings. The molecule has 1 aromatic heterocycles. The Kier molecular flexibility index (Phi) is 8.69. The summed E-state index contributed by atoms with van der Waals surface area (Å²) in [5.41, 5.74) is 3.89. The van der Waals surface area contributed by atoms with Crippen LogP contribution in [-0.4, -0.2) is 29.4 Å². The molecule has 0 saturated carbocycles. The van der Waals surface area contributed by atoms with Crippen molar-refractivity contribution in [3.63, 3.8) is 0 Å². The van der Waals surface area contributed by atoms with Gasteiger partial charge in [0.15, 0.2) is 12.5 Å². The van der Waals surface area contributed by atoms with Crippen LogP contribution in [0.1, 0.15) is 30.0 Å². The van der Waals surface area contributed by atoms with Crippen LogP contribution >= 0.6 is 0 Å². The van der Waals surface area contributed by atoms with Crippen molar-refractivity contribution in [3.8, 4) is 5.88 Å². The van der Waals surface area contributed by atoms with Crippen LogP contribution in [0.3, 0.4) is 0 Å². The third-order valence-corrected chi connectivity index (χ3v) is 4.77. The fourth-order valence-electron chi connectivity index (χ4n) is 3.06. The molecule has 0 unspecified atom stereocenters. The zero-order chi connectivity index (χ0) is 22.6. The molecule has 166 valence electrons. The van der Waals surface area contributed by atoms with Crippen LogP contribution in [0.15, 0.2) is 84.2 Å². The van der Waals surface area contributed by atoms with E-state index in [4.69, 9.17) is 9.57 Å². The quantitative estimate of drug-likeness (QED) is 0.275. The molecule has 0 bridgehead atoms. The zero-order valence-corrected chi connectivity index (χ0v) is 18.5. The number of carbonyl (C=O) groups is 1. The minimum atomic E-state index is -0.172. The average molecular weight is 432 g/mol. The summed E-state index contributed by atoms with van der Waals surface area (Å²) in [5, 5.41) is 7.13. The maximum atomic E-state index is 12.1. The van der Waals surface area contributed by atoms with Crippen molar-refractivity contribution < 1.29 is 14.4 Å². The molecule has 0 saturated heterocycles. The summed E-state index contributed by atoms with van der Waals surface area (Å²) < 4.78 is 7.53. The maximum absolute atomic E-state index is 12.1. The summed E-state index contributed by atoms with van der Waals surface area (Å²) in [6.45, 7) is 2.83. The Morgan fingerprint density at radius 2 is 1.81 bits per heavy atom. The molecular weight excluding hydrogens is 402 g/mol. The van der Waals surface area contributed by atoms with Gasteiger partial charge in [-0.3, -0.25) is 4.79 Å². The summed E-state index contributed by atoms with van der Waals surface area (Å²) in [6.07, 6.45) is 6.56. The van der Waals surface area contributed by atoms with Crippen LogP contribution in [0.25, 0.3) is 6.08 Å². The fraction of sp³-hybridized carbons (Fsp3) is 0.231. The standard InChI is InChI=1S/C26H29N3O3/c1-3-24(28-32-16-10-15-21-11-6-4-7-12-21)23-17-26(29(2)19-23)31-20-25(30)27-18-22-13-8-5-9-14-22/h4-15,17,19H,3,16,18,20H2,1-2H3,(H,27,30). The van der Waals surface area contributed by atoms with Gasteiger partial charge in [-0.05, 0) is 23.6 Å². The number of amides is 1. The number of carbonyl (C=O) groups excluding carboxylic acids is 1. The molecule has 3 aromatic rings. The summed E-state index contributed by atoms with van der Waals surface area (Å²) in [6, 6.07) is 21.7. The number of aryl methyl sites for hydroxylation is 1. The lowest BCUT2D eigenvalue weighted by Gasteiger charge is -2.08. The number of oxime groups is 1. The monoisotopic (exact) mass is 431 g/mol. The molecule has 1 amide bonds. The topological polar surface area (TPSA) is 64.8 Å². The van der Waals surface area contributed by atoms with Crippen LogP contribution in [0.5, 0.6) is 5.88 Å². The lowest BCUT2D eigenvalue weighted by atomic mass is 10.2. The molecule has 0 radical (unpaired) electrons. The fourth-order valence-corrected chi connectivity index (χ4v) is 3.06. The molecule has 1 N–H and O–H groups in total.